The molecule has 0 heterocycles. The van der Waals surface area contributed by atoms with Gasteiger partial charge in [0.15, 0.2) is 0 Å². The van der Waals surface area contributed by atoms with Crippen LogP contribution in [0.2, 0.25) is 0 Å². The van der Waals surface area contributed by atoms with Crippen LogP contribution >= 0.6 is 11.6 Å². The van der Waals surface area contributed by atoms with Gasteiger partial charge in [-0.05, 0) is 36.6 Å². The van der Waals surface area contributed by atoms with Gasteiger partial charge in [0, 0.05) is 6.08 Å². The van der Waals surface area contributed by atoms with Crippen LogP contribution in [-0.4, -0.2) is 24.4 Å². The van der Waals surface area contributed by atoms with Gasteiger partial charge in [-0.2, -0.15) is 0 Å². The molecule has 1 aromatic rings. The summed E-state index contributed by atoms with van der Waals surface area (Å²) >= 11 is 5.44. The quantitative estimate of drug-likeness (QED) is 0.318. The molecule has 0 aliphatic heterocycles. The van der Waals surface area contributed by atoms with E-state index < -0.39 is 11.2 Å². The van der Waals surface area contributed by atoms with E-state index in [1.807, 2.05) is 0 Å². The van der Waals surface area contributed by atoms with E-state index in [4.69, 9.17) is 21.1 Å². The van der Waals surface area contributed by atoms with E-state index >= 15 is 0 Å². The molecular weight excluding hydrogens is 268 g/mol. The van der Waals surface area contributed by atoms with E-state index in [9.17, 15) is 9.59 Å². The number of ether oxygens (including phenoxy) is 2. The molecule has 4 nitrogen and oxygen atoms in total. The second kappa shape index (κ2) is 8.32. The van der Waals surface area contributed by atoms with Crippen LogP contribution in [0.25, 0.3) is 0 Å². The molecule has 0 bridgehead atoms. The van der Waals surface area contributed by atoms with Crippen LogP contribution in [0, 0.1) is 0 Å². The third-order valence-electron chi connectivity index (χ3n) is 2.31. The van der Waals surface area contributed by atoms with Crippen molar-refractivity contribution in [2.75, 3.05) is 13.2 Å². The highest BCUT2D eigenvalue weighted by atomic mass is 35.5. The number of carbonyl (C=O) groups is 2. The summed E-state index contributed by atoms with van der Waals surface area (Å²) in [7, 11) is 0. The number of hydrogen-bond donors (Lipinski definition) is 0. The SMILES string of the molecule is C=CC(=O)OCCCCOc1ccccc1C(=O)Cl. The fraction of sp³-hybridized carbons (Fsp3) is 0.286. The topological polar surface area (TPSA) is 52.6 Å². The van der Waals surface area contributed by atoms with Gasteiger partial charge in [-0.3, -0.25) is 4.79 Å². The molecule has 0 radical (unpaired) electrons. The molecule has 0 aliphatic rings. The monoisotopic (exact) mass is 282 g/mol. The normalized spacial score (nSPS) is 9.74. The van der Waals surface area contributed by atoms with Crippen LogP contribution in [0.5, 0.6) is 5.75 Å². The lowest BCUT2D eigenvalue weighted by Gasteiger charge is -2.08. The number of hydrogen-bond acceptors (Lipinski definition) is 4. The van der Waals surface area contributed by atoms with Crippen molar-refractivity contribution in [3.8, 4) is 5.75 Å². The lowest BCUT2D eigenvalue weighted by Crippen LogP contribution is -2.05. The summed E-state index contributed by atoms with van der Waals surface area (Å²) in [6.07, 6.45) is 2.50. The maximum absolute atomic E-state index is 11.1. The van der Waals surface area contributed by atoms with Gasteiger partial charge in [0.2, 0.25) is 0 Å². The summed E-state index contributed by atoms with van der Waals surface area (Å²) in [6, 6.07) is 6.78. The predicted molar refractivity (Wildman–Crippen MR) is 72.5 cm³/mol. The average molecular weight is 283 g/mol. The largest absolute Gasteiger partial charge is 0.493 e. The lowest BCUT2D eigenvalue weighted by molar-refractivity contribution is -0.137. The molecule has 5 heteroatoms. The molecule has 0 spiro atoms. The molecule has 1 rings (SSSR count). The summed E-state index contributed by atoms with van der Waals surface area (Å²) in [5.41, 5.74) is 0.349. The van der Waals surface area contributed by atoms with Crippen LogP contribution in [0.4, 0.5) is 0 Å². The van der Waals surface area contributed by atoms with Gasteiger partial charge in [-0.1, -0.05) is 18.7 Å². The molecule has 0 saturated heterocycles. The van der Waals surface area contributed by atoms with Gasteiger partial charge in [-0.15, -0.1) is 0 Å². The fourth-order valence-corrected chi connectivity index (χ4v) is 1.53. The van der Waals surface area contributed by atoms with Gasteiger partial charge < -0.3 is 9.47 Å². The first kappa shape index (κ1) is 15.2. The Morgan fingerprint density at radius 1 is 1.21 bits per heavy atom. The van der Waals surface area contributed by atoms with E-state index in [1.54, 1.807) is 24.3 Å². The molecule has 0 amide bonds. The van der Waals surface area contributed by atoms with Crippen LogP contribution in [0.1, 0.15) is 23.2 Å². The lowest BCUT2D eigenvalue weighted by atomic mass is 10.2. The molecule has 0 saturated carbocycles. The minimum atomic E-state index is -0.546. The van der Waals surface area contributed by atoms with Crippen molar-refractivity contribution in [2.45, 2.75) is 12.8 Å². The predicted octanol–water partition coefficient (Wildman–Crippen LogP) is 2.95. The highest BCUT2D eigenvalue weighted by Gasteiger charge is 2.08. The highest BCUT2D eigenvalue weighted by Crippen LogP contribution is 2.20. The molecule has 0 aliphatic carbocycles. The summed E-state index contributed by atoms with van der Waals surface area (Å²) in [5, 5.41) is -0.546. The molecular formula is C14H15ClO4. The molecule has 0 atom stereocenters. The standard InChI is InChI=1S/C14H15ClO4/c1-2-13(16)19-10-6-5-9-18-12-8-4-3-7-11(12)14(15)17/h2-4,7-8H,1,5-6,9-10H2. The zero-order chi connectivity index (χ0) is 14.1. The Balaban J connectivity index is 2.28. The second-order valence-corrected chi connectivity index (χ2v) is 4.04. The Labute approximate surface area is 117 Å². The van der Waals surface area contributed by atoms with Crippen molar-refractivity contribution in [3.63, 3.8) is 0 Å². The van der Waals surface area contributed by atoms with Crippen molar-refractivity contribution >= 4 is 22.8 Å². The first-order valence-electron chi connectivity index (χ1n) is 5.86. The first-order chi connectivity index (χ1) is 9.15. The maximum Gasteiger partial charge on any atom is 0.330 e. The van der Waals surface area contributed by atoms with Crippen molar-refractivity contribution in [2.24, 2.45) is 0 Å². The fourth-order valence-electron chi connectivity index (χ4n) is 1.37. The minimum absolute atomic E-state index is 0.324. The number of unbranched alkanes of at least 4 members (excludes halogenated alkanes) is 1. The van der Waals surface area contributed by atoms with Crippen molar-refractivity contribution < 1.29 is 19.1 Å². The van der Waals surface area contributed by atoms with Gasteiger partial charge in [0.05, 0.1) is 18.8 Å². The van der Waals surface area contributed by atoms with Gasteiger partial charge in [0.25, 0.3) is 5.24 Å². The number of para-hydroxylation sites is 1. The van der Waals surface area contributed by atoms with E-state index in [1.165, 1.54) is 0 Å². The summed E-state index contributed by atoms with van der Waals surface area (Å²) in [6.45, 7) is 4.05. The Morgan fingerprint density at radius 3 is 2.58 bits per heavy atom. The smallest absolute Gasteiger partial charge is 0.330 e. The average Bonchev–Trinajstić information content (AvgIpc) is 2.42. The molecule has 0 aromatic heterocycles. The minimum Gasteiger partial charge on any atom is -0.493 e. The molecule has 0 fully saturated rings. The van der Waals surface area contributed by atoms with E-state index in [0.717, 1.165) is 6.08 Å². The number of esters is 1. The third-order valence-corrected chi connectivity index (χ3v) is 2.51. The van der Waals surface area contributed by atoms with Gasteiger partial charge >= 0.3 is 5.97 Å². The van der Waals surface area contributed by atoms with Gasteiger partial charge in [-0.25, -0.2) is 4.79 Å². The summed E-state index contributed by atoms with van der Waals surface area (Å²) < 4.78 is 10.3. The molecule has 102 valence electrons. The molecule has 0 unspecified atom stereocenters. The van der Waals surface area contributed by atoms with Crippen LogP contribution in [0.3, 0.4) is 0 Å². The van der Waals surface area contributed by atoms with Crippen LogP contribution in [-0.2, 0) is 9.53 Å². The van der Waals surface area contributed by atoms with E-state index in [0.29, 0.717) is 37.4 Å². The Hall–Kier alpha value is -1.81. The zero-order valence-corrected chi connectivity index (χ0v) is 11.2. The number of halogens is 1. The van der Waals surface area contributed by atoms with Crippen molar-refractivity contribution in [3.05, 3.63) is 42.5 Å². The molecule has 0 N–H and O–H groups in total. The Bertz CT molecular complexity index is 457. The Kier molecular flexibility index (Phi) is 6.68. The van der Waals surface area contributed by atoms with Gasteiger partial charge in [0.1, 0.15) is 5.75 Å². The summed E-state index contributed by atoms with van der Waals surface area (Å²) in [4.78, 5) is 21.9. The third kappa shape index (κ3) is 5.57. The Morgan fingerprint density at radius 2 is 1.89 bits per heavy atom. The molecule has 19 heavy (non-hydrogen) atoms. The van der Waals surface area contributed by atoms with Crippen LogP contribution < -0.4 is 4.74 Å². The van der Waals surface area contributed by atoms with Crippen molar-refractivity contribution in [1.82, 2.24) is 0 Å². The zero-order valence-electron chi connectivity index (χ0n) is 10.4. The van der Waals surface area contributed by atoms with E-state index in [-0.39, 0.29) is 0 Å². The van der Waals surface area contributed by atoms with Crippen molar-refractivity contribution in [1.29, 1.82) is 0 Å². The number of benzene rings is 1. The maximum atomic E-state index is 11.1. The van der Waals surface area contributed by atoms with Crippen LogP contribution in [0.15, 0.2) is 36.9 Å². The summed E-state index contributed by atoms with van der Waals surface area (Å²) in [5.74, 6) is 0.0320. The first-order valence-corrected chi connectivity index (χ1v) is 6.24. The highest BCUT2D eigenvalue weighted by molar-refractivity contribution is 6.68. The van der Waals surface area contributed by atoms with E-state index in [2.05, 4.69) is 6.58 Å². The molecule has 1 aromatic carbocycles. The number of rotatable bonds is 8. The number of carbonyl (C=O) groups excluding carboxylic acids is 2. The second-order valence-electron chi connectivity index (χ2n) is 3.70.